The molecule has 0 atom stereocenters. The van der Waals surface area contributed by atoms with Crippen molar-refractivity contribution >= 4 is 17.5 Å². The summed E-state index contributed by atoms with van der Waals surface area (Å²) in [5, 5.41) is 10.5. The number of aromatic nitrogens is 3. The third kappa shape index (κ3) is 4.52. The summed E-state index contributed by atoms with van der Waals surface area (Å²) in [6, 6.07) is 21.4. The first-order chi connectivity index (χ1) is 14.2. The van der Waals surface area contributed by atoms with E-state index < -0.39 is 0 Å². The Balaban J connectivity index is 1.63. The number of rotatable bonds is 7. The minimum Gasteiger partial charge on any atom is -0.496 e. The van der Waals surface area contributed by atoms with E-state index in [-0.39, 0.29) is 0 Å². The van der Waals surface area contributed by atoms with E-state index in [1.54, 1.807) is 7.11 Å². The molecule has 2 N–H and O–H groups in total. The summed E-state index contributed by atoms with van der Waals surface area (Å²) >= 11 is 0. The van der Waals surface area contributed by atoms with Crippen LogP contribution in [-0.4, -0.2) is 22.2 Å². The number of anilines is 3. The van der Waals surface area contributed by atoms with Gasteiger partial charge in [-0.2, -0.15) is 0 Å². The van der Waals surface area contributed by atoms with E-state index in [0.29, 0.717) is 29.8 Å². The first kappa shape index (κ1) is 18.5. The van der Waals surface area contributed by atoms with Gasteiger partial charge in [-0.3, -0.25) is 0 Å². The average molecular weight is 387 g/mol. The van der Waals surface area contributed by atoms with Gasteiger partial charge in [0.1, 0.15) is 23.1 Å². The van der Waals surface area contributed by atoms with Crippen molar-refractivity contribution in [1.82, 2.24) is 15.1 Å². The topological polar surface area (TPSA) is 85.1 Å². The van der Waals surface area contributed by atoms with Crippen molar-refractivity contribution in [3.63, 3.8) is 0 Å². The van der Waals surface area contributed by atoms with Gasteiger partial charge in [0.05, 0.1) is 7.11 Å². The fourth-order valence-electron chi connectivity index (χ4n) is 2.91. The molecule has 0 fully saturated rings. The Kier molecular flexibility index (Phi) is 5.38. The Morgan fingerprint density at radius 2 is 1.66 bits per heavy atom. The molecule has 0 unspecified atom stereocenters. The van der Waals surface area contributed by atoms with Gasteiger partial charge in [-0.1, -0.05) is 53.7 Å². The summed E-state index contributed by atoms with van der Waals surface area (Å²) in [5.74, 6) is 4.06. The Hall–Kier alpha value is -3.87. The van der Waals surface area contributed by atoms with E-state index >= 15 is 0 Å². The van der Waals surface area contributed by atoms with Crippen molar-refractivity contribution in [1.29, 1.82) is 0 Å². The van der Waals surface area contributed by atoms with Crippen molar-refractivity contribution in [3.05, 3.63) is 78.1 Å². The second-order valence-electron chi connectivity index (χ2n) is 6.44. The second-order valence-corrected chi connectivity index (χ2v) is 6.44. The molecule has 0 radical (unpaired) electrons. The molecule has 0 spiro atoms. The number of methoxy groups -OCH3 is 1. The molecular weight excluding hydrogens is 366 g/mol. The molecule has 0 amide bonds. The Bertz CT molecular complexity index is 1100. The molecule has 0 saturated heterocycles. The van der Waals surface area contributed by atoms with Crippen LogP contribution < -0.4 is 15.4 Å². The Labute approximate surface area is 168 Å². The van der Waals surface area contributed by atoms with Crippen LogP contribution in [0.4, 0.5) is 17.5 Å². The highest BCUT2D eigenvalue weighted by Crippen LogP contribution is 2.24. The molecule has 0 saturated carbocycles. The Morgan fingerprint density at radius 3 is 2.41 bits per heavy atom. The van der Waals surface area contributed by atoms with Crippen LogP contribution in [0.2, 0.25) is 0 Å². The monoisotopic (exact) mass is 387 g/mol. The zero-order valence-electron chi connectivity index (χ0n) is 16.2. The van der Waals surface area contributed by atoms with E-state index in [4.69, 9.17) is 9.26 Å². The van der Waals surface area contributed by atoms with Crippen LogP contribution in [0.15, 0.2) is 71.3 Å². The van der Waals surface area contributed by atoms with Crippen LogP contribution in [0.25, 0.3) is 11.4 Å². The fourth-order valence-corrected chi connectivity index (χ4v) is 2.91. The highest BCUT2D eigenvalue weighted by molar-refractivity contribution is 5.64. The van der Waals surface area contributed by atoms with Crippen molar-refractivity contribution in [2.75, 3.05) is 17.7 Å². The van der Waals surface area contributed by atoms with E-state index in [1.807, 2.05) is 73.7 Å². The van der Waals surface area contributed by atoms with Crippen LogP contribution in [0.5, 0.6) is 5.75 Å². The van der Waals surface area contributed by atoms with Crippen molar-refractivity contribution in [2.45, 2.75) is 13.5 Å². The van der Waals surface area contributed by atoms with E-state index in [9.17, 15) is 0 Å². The lowest BCUT2D eigenvalue weighted by Gasteiger charge is -2.12. The zero-order valence-corrected chi connectivity index (χ0v) is 16.2. The molecule has 2 aromatic heterocycles. The molecule has 4 aromatic rings. The SMILES string of the molecule is COc1ccccc1CNc1cc(Nc2cc(C)on2)nc(-c2ccccc2)n1. The van der Waals surface area contributed by atoms with Gasteiger partial charge in [-0.25, -0.2) is 9.97 Å². The highest BCUT2D eigenvalue weighted by Gasteiger charge is 2.10. The molecule has 146 valence electrons. The maximum absolute atomic E-state index is 5.43. The summed E-state index contributed by atoms with van der Waals surface area (Å²) in [5.41, 5.74) is 1.96. The summed E-state index contributed by atoms with van der Waals surface area (Å²) in [6.45, 7) is 2.41. The number of aryl methyl sites for hydroxylation is 1. The largest absolute Gasteiger partial charge is 0.496 e. The number of benzene rings is 2. The first-order valence-electron chi connectivity index (χ1n) is 9.22. The highest BCUT2D eigenvalue weighted by atomic mass is 16.5. The molecule has 0 aliphatic rings. The van der Waals surface area contributed by atoms with Gasteiger partial charge in [0.25, 0.3) is 0 Å². The molecule has 2 heterocycles. The van der Waals surface area contributed by atoms with E-state index in [0.717, 1.165) is 22.6 Å². The minimum atomic E-state index is 0.567. The normalized spacial score (nSPS) is 10.6. The molecule has 29 heavy (non-hydrogen) atoms. The lowest BCUT2D eigenvalue weighted by atomic mass is 10.2. The van der Waals surface area contributed by atoms with Gasteiger partial charge >= 0.3 is 0 Å². The van der Waals surface area contributed by atoms with Crippen LogP contribution >= 0.6 is 0 Å². The molecule has 2 aromatic carbocycles. The number of para-hydroxylation sites is 1. The van der Waals surface area contributed by atoms with Crippen LogP contribution in [0.1, 0.15) is 11.3 Å². The molecule has 0 aliphatic heterocycles. The van der Waals surface area contributed by atoms with Gasteiger partial charge in [-0.05, 0) is 13.0 Å². The predicted octanol–water partition coefficient (Wildman–Crippen LogP) is 4.80. The van der Waals surface area contributed by atoms with Crippen molar-refractivity contribution < 1.29 is 9.26 Å². The molecule has 7 nitrogen and oxygen atoms in total. The molecule has 4 rings (SSSR count). The average Bonchev–Trinajstić information content (AvgIpc) is 3.17. The molecule has 0 bridgehead atoms. The van der Waals surface area contributed by atoms with Gasteiger partial charge < -0.3 is 19.9 Å². The summed E-state index contributed by atoms with van der Waals surface area (Å²) in [6.07, 6.45) is 0. The summed E-state index contributed by atoms with van der Waals surface area (Å²) in [7, 11) is 1.67. The van der Waals surface area contributed by atoms with E-state index in [1.165, 1.54) is 0 Å². The summed E-state index contributed by atoms with van der Waals surface area (Å²) < 4.78 is 10.6. The Morgan fingerprint density at radius 1 is 0.897 bits per heavy atom. The van der Waals surface area contributed by atoms with Crippen molar-refractivity contribution in [2.24, 2.45) is 0 Å². The fraction of sp³-hybridized carbons (Fsp3) is 0.136. The predicted molar refractivity (Wildman–Crippen MR) is 112 cm³/mol. The molecule has 0 aliphatic carbocycles. The minimum absolute atomic E-state index is 0.567. The van der Waals surface area contributed by atoms with Gasteiger partial charge in [0, 0.05) is 29.8 Å². The smallest absolute Gasteiger partial charge is 0.175 e. The number of nitrogens with one attached hydrogen (secondary N) is 2. The number of hydrogen-bond acceptors (Lipinski definition) is 7. The van der Waals surface area contributed by atoms with Gasteiger partial charge in [0.15, 0.2) is 11.6 Å². The van der Waals surface area contributed by atoms with Crippen molar-refractivity contribution in [3.8, 4) is 17.1 Å². The maximum Gasteiger partial charge on any atom is 0.175 e. The van der Waals surface area contributed by atoms with Crippen LogP contribution in [0, 0.1) is 6.92 Å². The lowest BCUT2D eigenvalue weighted by Crippen LogP contribution is -2.06. The van der Waals surface area contributed by atoms with Crippen LogP contribution in [0.3, 0.4) is 0 Å². The third-order valence-corrected chi connectivity index (χ3v) is 4.29. The van der Waals surface area contributed by atoms with E-state index in [2.05, 4.69) is 25.8 Å². The second kappa shape index (κ2) is 8.43. The quantitative estimate of drug-likeness (QED) is 0.471. The van der Waals surface area contributed by atoms with Crippen LogP contribution in [-0.2, 0) is 6.54 Å². The van der Waals surface area contributed by atoms with Gasteiger partial charge in [-0.15, -0.1) is 0 Å². The molecular formula is C22H21N5O2. The summed E-state index contributed by atoms with van der Waals surface area (Å²) in [4.78, 5) is 9.30. The number of ether oxygens (including phenoxy) is 1. The third-order valence-electron chi connectivity index (χ3n) is 4.29. The zero-order chi connectivity index (χ0) is 20.1. The standard InChI is InChI=1S/C22H21N5O2/c1-15-12-21(27-29-15)24-20-13-19(23-14-17-10-6-7-11-18(17)28-2)25-22(26-20)16-8-4-3-5-9-16/h3-13H,14H2,1-2H3,(H2,23,24,25,26,27). The number of nitrogens with zero attached hydrogens (tertiary/aromatic N) is 3. The number of hydrogen-bond donors (Lipinski definition) is 2. The first-order valence-corrected chi connectivity index (χ1v) is 9.22. The molecule has 7 heteroatoms. The maximum atomic E-state index is 5.43. The lowest BCUT2D eigenvalue weighted by molar-refractivity contribution is 0.400. The van der Waals surface area contributed by atoms with Gasteiger partial charge in [0.2, 0.25) is 0 Å².